The summed E-state index contributed by atoms with van der Waals surface area (Å²) in [5.74, 6) is -0.0130. The van der Waals surface area contributed by atoms with E-state index in [2.05, 4.69) is 84.8 Å². The van der Waals surface area contributed by atoms with Crippen LogP contribution in [0.1, 0.15) is 52.0 Å². The molecule has 0 aliphatic heterocycles. The Morgan fingerprint density at radius 1 is 0.906 bits per heavy atom. The highest BCUT2D eigenvalue weighted by Gasteiger charge is 2.19. The van der Waals surface area contributed by atoms with Gasteiger partial charge in [0.2, 0.25) is 5.91 Å². The summed E-state index contributed by atoms with van der Waals surface area (Å²) < 4.78 is 0. The van der Waals surface area contributed by atoms with E-state index in [4.69, 9.17) is 0 Å². The summed E-state index contributed by atoms with van der Waals surface area (Å²) in [6.07, 6.45) is 4.11. The maximum Gasteiger partial charge on any atom is 0.227 e. The molecular weight excluding hydrogens is 412 g/mol. The Balaban J connectivity index is 1.43. The van der Waals surface area contributed by atoms with Gasteiger partial charge >= 0.3 is 0 Å². The summed E-state index contributed by atoms with van der Waals surface area (Å²) in [6, 6.07) is 27.3. The van der Waals surface area contributed by atoms with E-state index >= 15 is 0 Å². The average molecular weight is 441 g/mol. The van der Waals surface area contributed by atoms with E-state index < -0.39 is 0 Å². The zero-order valence-electron chi connectivity index (χ0n) is 18.5. The molecule has 3 aromatic carbocycles. The molecule has 0 aliphatic rings. The van der Waals surface area contributed by atoms with Gasteiger partial charge in [-0.05, 0) is 35.6 Å². The Bertz CT molecular complexity index is 1150. The Morgan fingerprint density at radius 2 is 1.56 bits per heavy atom. The molecule has 0 fully saturated rings. The van der Waals surface area contributed by atoms with Gasteiger partial charge in [0.05, 0.1) is 0 Å². The van der Waals surface area contributed by atoms with E-state index in [0.29, 0.717) is 11.6 Å². The Morgan fingerprint density at radius 3 is 2.25 bits per heavy atom. The van der Waals surface area contributed by atoms with Crippen molar-refractivity contribution in [1.82, 2.24) is 4.98 Å². The molecular formula is C28H28N2OS. The molecule has 0 saturated carbocycles. The minimum absolute atomic E-state index is 0.00770. The van der Waals surface area contributed by atoms with Crippen molar-refractivity contribution >= 4 is 22.4 Å². The zero-order chi connectivity index (χ0) is 22.3. The van der Waals surface area contributed by atoms with E-state index in [1.165, 1.54) is 16.7 Å². The van der Waals surface area contributed by atoms with Crippen molar-refractivity contribution in [3.8, 4) is 0 Å². The van der Waals surface area contributed by atoms with Crippen LogP contribution in [0.2, 0.25) is 0 Å². The van der Waals surface area contributed by atoms with Crippen LogP contribution < -0.4 is 5.32 Å². The summed E-state index contributed by atoms with van der Waals surface area (Å²) in [7, 11) is 0. The molecule has 1 N–H and O–H groups in total. The monoisotopic (exact) mass is 440 g/mol. The fourth-order valence-corrected chi connectivity index (χ4v) is 4.67. The van der Waals surface area contributed by atoms with Gasteiger partial charge in [-0.15, -0.1) is 11.3 Å². The van der Waals surface area contributed by atoms with Crippen LogP contribution in [0.5, 0.6) is 0 Å². The van der Waals surface area contributed by atoms with Gasteiger partial charge in [0.15, 0.2) is 5.13 Å². The van der Waals surface area contributed by atoms with E-state index in [1.807, 2.05) is 24.4 Å². The molecule has 0 aliphatic carbocycles. The van der Waals surface area contributed by atoms with Crippen LogP contribution >= 0.6 is 11.3 Å². The molecule has 4 aromatic rings. The van der Waals surface area contributed by atoms with Gasteiger partial charge in [-0.2, -0.15) is 0 Å². The molecule has 3 nitrogen and oxygen atoms in total. The van der Waals surface area contributed by atoms with Crippen LogP contribution in [0.3, 0.4) is 0 Å². The van der Waals surface area contributed by atoms with Gasteiger partial charge in [-0.3, -0.25) is 4.79 Å². The third-order valence-corrected chi connectivity index (χ3v) is 6.59. The number of hydrogen-bond acceptors (Lipinski definition) is 3. The molecule has 0 saturated heterocycles. The SMILES string of the molecule is CCc1ccc(Cc2cnc(NC(=O)CC(c3ccccc3)c3ccc(C)cc3)s2)cc1. The van der Waals surface area contributed by atoms with Crippen molar-refractivity contribution in [2.75, 3.05) is 5.32 Å². The van der Waals surface area contributed by atoms with Gasteiger partial charge in [0.1, 0.15) is 0 Å². The molecule has 1 atom stereocenters. The summed E-state index contributed by atoms with van der Waals surface area (Å²) >= 11 is 1.54. The molecule has 32 heavy (non-hydrogen) atoms. The summed E-state index contributed by atoms with van der Waals surface area (Å²) in [4.78, 5) is 18.5. The highest BCUT2D eigenvalue weighted by atomic mass is 32.1. The van der Waals surface area contributed by atoms with Gasteiger partial charge in [0.25, 0.3) is 0 Å². The lowest BCUT2D eigenvalue weighted by molar-refractivity contribution is -0.116. The lowest BCUT2D eigenvalue weighted by atomic mass is 9.88. The number of hydrogen-bond donors (Lipinski definition) is 1. The van der Waals surface area contributed by atoms with Gasteiger partial charge < -0.3 is 5.32 Å². The predicted octanol–water partition coefficient (Wildman–Crippen LogP) is 6.77. The van der Waals surface area contributed by atoms with Crippen LogP contribution in [0.4, 0.5) is 5.13 Å². The van der Waals surface area contributed by atoms with Crippen LogP contribution in [-0.4, -0.2) is 10.9 Å². The van der Waals surface area contributed by atoms with Crippen molar-refractivity contribution in [2.24, 2.45) is 0 Å². The second-order valence-corrected chi connectivity index (χ2v) is 9.22. The quantitative estimate of drug-likeness (QED) is 0.329. The number of anilines is 1. The number of thiazole rings is 1. The molecule has 0 spiro atoms. The normalized spacial score (nSPS) is 11.8. The van der Waals surface area contributed by atoms with Crippen molar-refractivity contribution in [1.29, 1.82) is 0 Å². The first kappa shape index (κ1) is 22.0. The topological polar surface area (TPSA) is 42.0 Å². The highest BCUT2D eigenvalue weighted by Crippen LogP contribution is 2.29. The second kappa shape index (κ2) is 10.4. The summed E-state index contributed by atoms with van der Waals surface area (Å²) in [6.45, 7) is 4.24. The number of aryl methyl sites for hydroxylation is 2. The highest BCUT2D eigenvalue weighted by molar-refractivity contribution is 7.15. The average Bonchev–Trinajstić information content (AvgIpc) is 3.25. The zero-order valence-corrected chi connectivity index (χ0v) is 19.4. The van der Waals surface area contributed by atoms with Gasteiger partial charge in [-0.25, -0.2) is 4.98 Å². The first-order valence-corrected chi connectivity index (χ1v) is 11.9. The van der Waals surface area contributed by atoms with E-state index in [0.717, 1.165) is 28.8 Å². The number of nitrogens with one attached hydrogen (secondary N) is 1. The van der Waals surface area contributed by atoms with Crippen molar-refractivity contribution in [3.05, 3.63) is 118 Å². The number of amides is 1. The lowest BCUT2D eigenvalue weighted by Gasteiger charge is -2.17. The molecule has 0 bridgehead atoms. The molecule has 1 amide bonds. The fourth-order valence-electron chi connectivity index (χ4n) is 3.81. The molecule has 4 rings (SSSR count). The number of nitrogens with zero attached hydrogens (tertiary/aromatic N) is 1. The summed E-state index contributed by atoms with van der Waals surface area (Å²) in [5, 5.41) is 3.67. The largest absolute Gasteiger partial charge is 0.302 e. The fraction of sp³-hybridized carbons (Fsp3) is 0.214. The third kappa shape index (κ3) is 5.71. The molecule has 162 valence electrons. The van der Waals surface area contributed by atoms with Crippen molar-refractivity contribution in [3.63, 3.8) is 0 Å². The van der Waals surface area contributed by atoms with E-state index in [9.17, 15) is 4.79 Å². The van der Waals surface area contributed by atoms with Crippen LogP contribution in [-0.2, 0) is 17.6 Å². The predicted molar refractivity (Wildman–Crippen MR) is 133 cm³/mol. The standard InChI is InChI=1S/C28H28N2OS/c1-3-21-11-13-22(14-12-21)17-25-19-29-28(32-25)30-27(31)18-26(23-7-5-4-6-8-23)24-15-9-20(2)10-16-24/h4-16,19,26H,3,17-18H2,1-2H3,(H,29,30,31). The number of benzene rings is 3. The lowest BCUT2D eigenvalue weighted by Crippen LogP contribution is -2.16. The van der Waals surface area contributed by atoms with Crippen molar-refractivity contribution in [2.45, 2.75) is 39.0 Å². The van der Waals surface area contributed by atoms with E-state index in [1.54, 1.807) is 11.3 Å². The maximum atomic E-state index is 12.9. The number of carbonyl (C=O) groups excluding carboxylic acids is 1. The molecule has 1 unspecified atom stereocenters. The molecule has 1 heterocycles. The van der Waals surface area contributed by atoms with Crippen molar-refractivity contribution < 1.29 is 4.79 Å². The van der Waals surface area contributed by atoms with E-state index in [-0.39, 0.29) is 11.8 Å². The first-order chi connectivity index (χ1) is 15.6. The minimum atomic E-state index is -0.0207. The minimum Gasteiger partial charge on any atom is -0.302 e. The second-order valence-electron chi connectivity index (χ2n) is 8.10. The molecule has 1 aromatic heterocycles. The van der Waals surface area contributed by atoms with Crippen LogP contribution in [0, 0.1) is 6.92 Å². The molecule has 0 radical (unpaired) electrons. The number of carbonyl (C=O) groups is 1. The summed E-state index contributed by atoms with van der Waals surface area (Å²) in [5.41, 5.74) is 6.10. The van der Waals surface area contributed by atoms with Crippen LogP contribution in [0.25, 0.3) is 0 Å². The number of rotatable bonds is 8. The van der Waals surface area contributed by atoms with Crippen LogP contribution in [0.15, 0.2) is 85.1 Å². The van der Waals surface area contributed by atoms with Gasteiger partial charge in [0, 0.05) is 29.8 Å². The maximum absolute atomic E-state index is 12.9. The Kier molecular flexibility index (Phi) is 7.13. The Labute approximate surface area is 194 Å². The molecule has 4 heteroatoms. The first-order valence-electron chi connectivity index (χ1n) is 11.0. The Hall–Kier alpha value is -3.24. The number of aromatic nitrogens is 1. The van der Waals surface area contributed by atoms with Gasteiger partial charge in [-0.1, -0.05) is 91.3 Å². The smallest absolute Gasteiger partial charge is 0.227 e. The third-order valence-electron chi connectivity index (χ3n) is 5.68.